The summed E-state index contributed by atoms with van der Waals surface area (Å²) in [5.41, 5.74) is 3.45. The fourth-order valence-electron chi connectivity index (χ4n) is 4.53. The molecule has 2 fully saturated rings. The summed E-state index contributed by atoms with van der Waals surface area (Å²) < 4.78 is 1.18. The molecule has 1 aromatic carbocycles. The van der Waals surface area contributed by atoms with E-state index in [1.165, 1.54) is 29.3 Å². The molecule has 4 rings (SSSR count). The molecule has 0 radical (unpaired) electrons. The lowest BCUT2D eigenvalue weighted by atomic mass is 9.95. The Balaban J connectivity index is 1.31. The Hall–Kier alpha value is -1.07. The second-order valence-electron chi connectivity index (χ2n) is 7.34. The normalized spacial score (nSPS) is 29.8. The molecule has 5 heteroatoms. The van der Waals surface area contributed by atoms with Crippen LogP contribution >= 0.6 is 15.9 Å². The van der Waals surface area contributed by atoms with Gasteiger partial charge in [-0.2, -0.15) is 0 Å². The highest BCUT2D eigenvalue weighted by Crippen LogP contribution is 2.57. The second kappa shape index (κ2) is 5.78. The molecule has 1 saturated heterocycles. The van der Waals surface area contributed by atoms with Crippen LogP contribution in [0.25, 0.3) is 0 Å². The minimum absolute atomic E-state index is 0.387. The van der Waals surface area contributed by atoms with Crippen LogP contribution in [0.15, 0.2) is 22.7 Å². The molecule has 1 amide bonds. The highest BCUT2D eigenvalue weighted by atomic mass is 79.9. The van der Waals surface area contributed by atoms with E-state index in [4.69, 9.17) is 5.11 Å². The van der Waals surface area contributed by atoms with Gasteiger partial charge in [0, 0.05) is 29.0 Å². The van der Waals surface area contributed by atoms with E-state index in [2.05, 4.69) is 39.4 Å². The van der Waals surface area contributed by atoms with Crippen molar-refractivity contribution in [2.75, 3.05) is 19.6 Å². The van der Waals surface area contributed by atoms with Crippen molar-refractivity contribution < 1.29 is 9.90 Å². The molecule has 124 valence electrons. The van der Waals surface area contributed by atoms with Crippen LogP contribution in [0.5, 0.6) is 0 Å². The summed E-state index contributed by atoms with van der Waals surface area (Å²) in [6.07, 6.45) is 4.93. The van der Waals surface area contributed by atoms with E-state index in [1.807, 2.05) is 0 Å². The highest BCUT2D eigenvalue weighted by molar-refractivity contribution is 9.10. The molecule has 2 N–H and O–H groups in total. The number of hydrogen-bond donors (Lipinski definition) is 2. The van der Waals surface area contributed by atoms with Gasteiger partial charge in [-0.25, -0.2) is 4.79 Å². The van der Waals surface area contributed by atoms with Crippen molar-refractivity contribution in [2.45, 2.75) is 43.6 Å². The Kier molecular flexibility index (Phi) is 3.88. The molecule has 1 aliphatic heterocycles. The molecule has 2 aliphatic carbocycles. The van der Waals surface area contributed by atoms with Crippen molar-refractivity contribution in [1.29, 1.82) is 0 Å². The maximum absolute atomic E-state index is 11.0. The number of aryl methyl sites for hydroxylation is 1. The van der Waals surface area contributed by atoms with Crippen molar-refractivity contribution in [3.63, 3.8) is 0 Å². The van der Waals surface area contributed by atoms with E-state index in [1.54, 1.807) is 10.5 Å². The van der Waals surface area contributed by atoms with Gasteiger partial charge in [0.1, 0.15) is 0 Å². The number of amides is 1. The van der Waals surface area contributed by atoms with Crippen molar-refractivity contribution in [2.24, 2.45) is 5.92 Å². The molecule has 1 saturated carbocycles. The van der Waals surface area contributed by atoms with Crippen LogP contribution in [-0.2, 0) is 11.8 Å². The maximum Gasteiger partial charge on any atom is 0.407 e. The fraction of sp³-hybridized carbons (Fsp3) is 0.611. The van der Waals surface area contributed by atoms with Gasteiger partial charge in [-0.3, -0.25) is 0 Å². The van der Waals surface area contributed by atoms with Gasteiger partial charge in [-0.1, -0.05) is 22.0 Å². The minimum Gasteiger partial charge on any atom is -0.465 e. The molecule has 3 aliphatic rings. The Bertz CT molecular complexity index is 627. The van der Waals surface area contributed by atoms with Crippen molar-refractivity contribution >= 4 is 22.0 Å². The Labute approximate surface area is 145 Å². The number of nitrogens with zero attached hydrogens (tertiary/aromatic N) is 1. The van der Waals surface area contributed by atoms with Crippen molar-refractivity contribution in [3.8, 4) is 0 Å². The molecule has 1 spiro atoms. The van der Waals surface area contributed by atoms with Gasteiger partial charge in [-0.15, -0.1) is 0 Å². The van der Waals surface area contributed by atoms with Gasteiger partial charge in [0.2, 0.25) is 0 Å². The van der Waals surface area contributed by atoms with E-state index >= 15 is 0 Å². The molecule has 4 nitrogen and oxygen atoms in total. The lowest BCUT2D eigenvalue weighted by molar-refractivity contribution is 0.124. The zero-order valence-electron chi connectivity index (χ0n) is 13.2. The summed E-state index contributed by atoms with van der Waals surface area (Å²) >= 11 is 3.57. The number of benzene rings is 1. The number of fused-ring (bicyclic) bond motifs is 2. The first-order chi connectivity index (χ1) is 11.1. The molecule has 0 bridgehead atoms. The number of carbonyl (C=O) groups is 1. The average Bonchev–Trinajstić information content (AvgIpc) is 3.13. The zero-order chi connectivity index (χ0) is 16.0. The molecular formula is C18H23BrN2O2. The smallest absolute Gasteiger partial charge is 0.407 e. The van der Waals surface area contributed by atoms with Gasteiger partial charge >= 0.3 is 6.09 Å². The summed E-state index contributed by atoms with van der Waals surface area (Å²) in [4.78, 5) is 12.5. The van der Waals surface area contributed by atoms with Gasteiger partial charge in [0.05, 0.1) is 0 Å². The molecule has 0 aromatic heterocycles. The number of carboxylic acid groups (broad SMARTS) is 1. The van der Waals surface area contributed by atoms with Crippen molar-refractivity contribution in [3.05, 3.63) is 33.8 Å². The topological polar surface area (TPSA) is 52.6 Å². The van der Waals surface area contributed by atoms with Crippen LogP contribution < -0.4 is 5.32 Å². The quantitative estimate of drug-likeness (QED) is 0.847. The SMILES string of the molecule is O=C(O)N1CCC(CN[C@@H]2C[C@]23CCc2cc(Br)ccc23)CC1. The first-order valence-corrected chi connectivity index (χ1v) is 9.38. The third-order valence-corrected chi connectivity index (χ3v) is 6.55. The van der Waals surface area contributed by atoms with Gasteiger partial charge < -0.3 is 15.3 Å². The van der Waals surface area contributed by atoms with E-state index < -0.39 is 6.09 Å². The highest BCUT2D eigenvalue weighted by Gasteiger charge is 2.57. The van der Waals surface area contributed by atoms with Crippen LogP contribution in [0.2, 0.25) is 0 Å². The average molecular weight is 379 g/mol. The van der Waals surface area contributed by atoms with Crippen LogP contribution in [0.1, 0.15) is 36.8 Å². The largest absolute Gasteiger partial charge is 0.465 e. The molecule has 23 heavy (non-hydrogen) atoms. The Morgan fingerprint density at radius 3 is 2.91 bits per heavy atom. The number of halogens is 1. The molecule has 1 aromatic rings. The minimum atomic E-state index is -0.772. The predicted octanol–water partition coefficient (Wildman–Crippen LogP) is 3.39. The van der Waals surface area contributed by atoms with Gasteiger partial charge in [0.25, 0.3) is 0 Å². The fourth-order valence-corrected chi connectivity index (χ4v) is 4.94. The first kappa shape index (κ1) is 15.5. The molecule has 0 unspecified atom stereocenters. The predicted molar refractivity (Wildman–Crippen MR) is 92.9 cm³/mol. The molecule has 2 atom stereocenters. The lowest BCUT2D eigenvalue weighted by Gasteiger charge is -2.30. The monoisotopic (exact) mass is 378 g/mol. The summed E-state index contributed by atoms with van der Waals surface area (Å²) in [6, 6.07) is 7.37. The lowest BCUT2D eigenvalue weighted by Crippen LogP contribution is -2.40. The third kappa shape index (κ3) is 2.78. The van der Waals surface area contributed by atoms with E-state index in [0.29, 0.717) is 30.5 Å². The maximum atomic E-state index is 11.0. The van der Waals surface area contributed by atoms with Crippen LogP contribution in [-0.4, -0.2) is 41.8 Å². The Morgan fingerprint density at radius 1 is 1.39 bits per heavy atom. The standard InChI is InChI=1S/C18H23BrN2O2/c19-14-1-2-15-13(9-14)3-6-18(15)10-16(18)20-11-12-4-7-21(8-5-12)17(22)23/h1-2,9,12,16,20H,3-8,10-11H2,(H,22,23)/t16-,18+/m1/s1. The molecular weight excluding hydrogens is 356 g/mol. The van der Waals surface area contributed by atoms with E-state index in [-0.39, 0.29) is 0 Å². The zero-order valence-corrected chi connectivity index (χ0v) is 14.8. The summed E-state index contributed by atoms with van der Waals surface area (Å²) in [5.74, 6) is 0.619. The van der Waals surface area contributed by atoms with E-state index in [0.717, 1.165) is 19.4 Å². The van der Waals surface area contributed by atoms with Crippen molar-refractivity contribution in [1.82, 2.24) is 10.2 Å². The number of rotatable bonds is 3. The third-order valence-electron chi connectivity index (χ3n) is 6.06. The van der Waals surface area contributed by atoms with E-state index in [9.17, 15) is 4.79 Å². The van der Waals surface area contributed by atoms with Crippen LogP contribution in [0.3, 0.4) is 0 Å². The second-order valence-corrected chi connectivity index (χ2v) is 8.25. The number of hydrogen-bond acceptors (Lipinski definition) is 2. The Morgan fingerprint density at radius 2 is 2.17 bits per heavy atom. The number of nitrogens with one attached hydrogen (secondary N) is 1. The molecule has 1 heterocycles. The summed E-state index contributed by atoms with van der Waals surface area (Å²) in [7, 11) is 0. The summed E-state index contributed by atoms with van der Waals surface area (Å²) in [6.45, 7) is 2.41. The van der Waals surface area contributed by atoms with Gasteiger partial charge in [0.15, 0.2) is 0 Å². The van der Waals surface area contributed by atoms with Crippen LogP contribution in [0, 0.1) is 5.92 Å². The number of likely N-dealkylation sites (tertiary alicyclic amines) is 1. The van der Waals surface area contributed by atoms with Gasteiger partial charge in [-0.05, 0) is 67.8 Å². The number of piperidine rings is 1. The first-order valence-electron chi connectivity index (χ1n) is 8.59. The summed E-state index contributed by atoms with van der Waals surface area (Å²) in [5, 5.41) is 12.8. The van der Waals surface area contributed by atoms with Crippen LogP contribution in [0.4, 0.5) is 4.79 Å².